The second kappa shape index (κ2) is 4.69. The topological polar surface area (TPSA) is 43.4 Å². The lowest BCUT2D eigenvalue weighted by Gasteiger charge is -2.02. The van der Waals surface area contributed by atoms with Crippen LogP contribution in [-0.4, -0.2) is 19.2 Å². The fraction of sp³-hybridized carbons (Fsp3) is 0.375. The quantitative estimate of drug-likeness (QED) is 0.673. The molecule has 0 spiro atoms. The Hall–Kier alpha value is -1.13. The minimum atomic E-state index is 0.621. The molecule has 0 unspecified atom stereocenters. The Labute approximate surface area is 71.5 Å². The summed E-state index contributed by atoms with van der Waals surface area (Å²) >= 11 is 0. The smallest absolute Gasteiger partial charge is 0.212 e. The fourth-order valence-electron chi connectivity index (χ4n) is 0.792. The molecule has 0 saturated carbocycles. The summed E-state index contributed by atoms with van der Waals surface area (Å²) in [5, 5.41) is 0. The number of aromatic nitrogens is 1. The van der Waals surface area contributed by atoms with E-state index < -0.39 is 0 Å². The monoisotopic (exact) mass is 168 g/mol. The van der Waals surface area contributed by atoms with E-state index in [4.69, 9.17) is 9.57 Å². The number of hydroxylamine groups is 1. The highest BCUT2D eigenvalue weighted by atomic mass is 16.6. The highest BCUT2D eigenvalue weighted by molar-refractivity contribution is 5.17. The molecule has 1 aromatic rings. The van der Waals surface area contributed by atoms with Crippen molar-refractivity contribution in [3.8, 4) is 5.88 Å². The highest BCUT2D eigenvalue weighted by Crippen LogP contribution is 2.05. The van der Waals surface area contributed by atoms with Gasteiger partial charge in [-0.2, -0.15) is 5.48 Å². The fourth-order valence-corrected chi connectivity index (χ4v) is 0.792. The summed E-state index contributed by atoms with van der Waals surface area (Å²) < 4.78 is 4.91. The number of pyridine rings is 1. The Kier molecular flexibility index (Phi) is 3.50. The van der Waals surface area contributed by atoms with E-state index in [0.29, 0.717) is 12.4 Å². The molecule has 0 aromatic carbocycles. The number of methoxy groups -OCH3 is 1. The van der Waals surface area contributed by atoms with Crippen molar-refractivity contribution in [2.45, 2.75) is 6.54 Å². The van der Waals surface area contributed by atoms with Gasteiger partial charge in [0, 0.05) is 18.8 Å². The molecule has 0 amide bonds. The zero-order chi connectivity index (χ0) is 8.81. The normalized spacial score (nSPS) is 9.83. The molecule has 0 fully saturated rings. The van der Waals surface area contributed by atoms with Gasteiger partial charge in [-0.1, -0.05) is 6.07 Å². The maximum absolute atomic E-state index is 4.91. The van der Waals surface area contributed by atoms with Crippen LogP contribution in [-0.2, 0) is 11.4 Å². The Morgan fingerprint density at radius 3 is 2.75 bits per heavy atom. The molecule has 4 heteroatoms. The molecule has 12 heavy (non-hydrogen) atoms. The predicted molar refractivity (Wildman–Crippen MR) is 44.6 cm³/mol. The van der Waals surface area contributed by atoms with Crippen molar-refractivity contribution < 1.29 is 9.57 Å². The molecule has 0 bridgehead atoms. The third-order valence-electron chi connectivity index (χ3n) is 1.43. The van der Waals surface area contributed by atoms with Gasteiger partial charge in [0.05, 0.1) is 14.2 Å². The summed E-state index contributed by atoms with van der Waals surface area (Å²) in [5.41, 5.74) is 3.77. The van der Waals surface area contributed by atoms with E-state index in [9.17, 15) is 0 Å². The summed E-state index contributed by atoms with van der Waals surface area (Å²) in [6, 6.07) is 3.74. The molecule has 66 valence electrons. The molecule has 0 saturated heterocycles. The van der Waals surface area contributed by atoms with Gasteiger partial charge in [-0.15, -0.1) is 0 Å². The lowest BCUT2D eigenvalue weighted by molar-refractivity contribution is 0.0866. The van der Waals surface area contributed by atoms with E-state index in [0.717, 1.165) is 5.56 Å². The number of ether oxygens (including phenoxy) is 1. The molecule has 1 N–H and O–H groups in total. The van der Waals surface area contributed by atoms with Crippen LogP contribution < -0.4 is 10.2 Å². The number of rotatable bonds is 4. The minimum absolute atomic E-state index is 0.621. The van der Waals surface area contributed by atoms with Crippen molar-refractivity contribution in [3.05, 3.63) is 23.9 Å². The molecule has 0 radical (unpaired) electrons. The Bertz CT molecular complexity index is 223. The maximum Gasteiger partial charge on any atom is 0.212 e. The van der Waals surface area contributed by atoms with E-state index >= 15 is 0 Å². The average molecular weight is 168 g/mol. The zero-order valence-electron chi connectivity index (χ0n) is 7.20. The Balaban J connectivity index is 2.53. The first kappa shape index (κ1) is 8.96. The Morgan fingerprint density at radius 1 is 1.42 bits per heavy atom. The van der Waals surface area contributed by atoms with Crippen molar-refractivity contribution in [3.63, 3.8) is 0 Å². The summed E-state index contributed by atoms with van der Waals surface area (Å²) in [5.74, 6) is 0.621. The first-order valence-corrected chi connectivity index (χ1v) is 3.61. The number of hydrogen-bond donors (Lipinski definition) is 1. The van der Waals surface area contributed by atoms with Crippen molar-refractivity contribution in [1.82, 2.24) is 10.5 Å². The van der Waals surface area contributed by atoms with Gasteiger partial charge in [0.1, 0.15) is 0 Å². The molecular weight excluding hydrogens is 156 g/mol. The molecular formula is C8H12N2O2. The van der Waals surface area contributed by atoms with Gasteiger partial charge >= 0.3 is 0 Å². The van der Waals surface area contributed by atoms with Crippen molar-refractivity contribution in [2.75, 3.05) is 14.2 Å². The number of nitrogens with zero attached hydrogens (tertiary/aromatic N) is 1. The van der Waals surface area contributed by atoms with Crippen LogP contribution in [0.15, 0.2) is 18.3 Å². The largest absolute Gasteiger partial charge is 0.481 e. The van der Waals surface area contributed by atoms with Crippen LogP contribution in [0, 0.1) is 0 Å². The third-order valence-corrected chi connectivity index (χ3v) is 1.43. The van der Waals surface area contributed by atoms with Gasteiger partial charge in [-0.05, 0) is 5.56 Å². The minimum Gasteiger partial charge on any atom is -0.481 e. The van der Waals surface area contributed by atoms with Gasteiger partial charge in [0.15, 0.2) is 0 Å². The molecule has 1 heterocycles. The Morgan fingerprint density at radius 2 is 2.25 bits per heavy atom. The molecule has 0 aliphatic carbocycles. The number of hydrogen-bond acceptors (Lipinski definition) is 4. The van der Waals surface area contributed by atoms with E-state index in [1.807, 2.05) is 12.1 Å². The third kappa shape index (κ3) is 2.48. The highest BCUT2D eigenvalue weighted by Gasteiger charge is 1.93. The van der Waals surface area contributed by atoms with Crippen molar-refractivity contribution in [1.29, 1.82) is 0 Å². The van der Waals surface area contributed by atoms with E-state index in [1.165, 1.54) is 0 Å². The van der Waals surface area contributed by atoms with Crippen LogP contribution in [0.2, 0.25) is 0 Å². The van der Waals surface area contributed by atoms with Crippen LogP contribution >= 0.6 is 0 Å². The van der Waals surface area contributed by atoms with Gasteiger partial charge < -0.3 is 9.57 Å². The molecule has 4 nitrogen and oxygen atoms in total. The molecule has 0 atom stereocenters. The predicted octanol–water partition coefficient (Wildman–Crippen LogP) is 0.741. The van der Waals surface area contributed by atoms with Crippen molar-refractivity contribution >= 4 is 0 Å². The van der Waals surface area contributed by atoms with Gasteiger partial charge in [-0.25, -0.2) is 4.98 Å². The first-order valence-electron chi connectivity index (χ1n) is 3.61. The lowest BCUT2D eigenvalue weighted by atomic mass is 10.3. The van der Waals surface area contributed by atoms with Gasteiger partial charge in [-0.3, -0.25) is 0 Å². The summed E-state index contributed by atoms with van der Waals surface area (Å²) in [4.78, 5) is 8.73. The van der Waals surface area contributed by atoms with Crippen LogP contribution in [0.3, 0.4) is 0 Å². The van der Waals surface area contributed by atoms with E-state index in [1.54, 1.807) is 20.4 Å². The molecule has 1 aromatic heterocycles. The zero-order valence-corrected chi connectivity index (χ0v) is 7.20. The van der Waals surface area contributed by atoms with Gasteiger partial charge in [0.2, 0.25) is 5.88 Å². The second-order valence-corrected chi connectivity index (χ2v) is 2.23. The SMILES string of the molecule is CONCc1ccc(OC)nc1. The van der Waals surface area contributed by atoms with E-state index in [-0.39, 0.29) is 0 Å². The van der Waals surface area contributed by atoms with Gasteiger partial charge in [0.25, 0.3) is 0 Å². The van der Waals surface area contributed by atoms with E-state index in [2.05, 4.69) is 10.5 Å². The standard InChI is InChI=1S/C8H12N2O2/c1-11-8-4-3-7(5-9-8)6-10-12-2/h3-5,10H,6H2,1-2H3. The van der Waals surface area contributed by atoms with Crippen LogP contribution in [0.1, 0.15) is 5.56 Å². The van der Waals surface area contributed by atoms with Crippen LogP contribution in [0.25, 0.3) is 0 Å². The summed E-state index contributed by atoms with van der Waals surface area (Å²) in [6.45, 7) is 0.646. The summed E-state index contributed by atoms with van der Waals surface area (Å²) in [6.07, 6.45) is 1.74. The number of nitrogens with one attached hydrogen (secondary N) is 1. The molecule has 0 aliphatic rings. The second-order valence-electron chi connectivity index (χ2n) is 2.23. The first-order chi connectivity index (χ1) is 5.86. The van der Waals surface area contributed by atoms with Crippen molar-refractivity contribution in [2.24, 2.45) is 0 Å². The maximum atomic E-state index is 4.91. The molecule has 0 aliphatic heterocycles. The lowest BCUT2D eigenvalue weighted by Crippen LogP contribution is -2.10. The average Bonchev–Trinajstić information content (AvgIpc) is 2.15. The summed E-state index contributed by atoms with van der Waals surface area (Å²) in [7, 11) is 3.17. The van der Waals surface area contributed by atoms with Crippen LogP contribution in [0.5, 0.6) is 5.88 Å². The van der Waals surface area contributed by atoms with Crippen LogP contribution in [0.4, 0.5) is 0 Å². The molecule has 1 rings (SSSR count).